The first-order valence-electron chi connectivity index (χ1n) is 9.23. The number of thiazole rings is 1. The van der Waals surface area contributed by atoms with Crippen molar-refractivity contribution in [3.8, 4) is 9.88 Å². The minimum Gasteiger partial charge on any atom is -0.455 e. The molecule has 0 radical (unpaired) electrons. The lowest BCUT2D eigenvalue weighted by atomic mass is 10.0. The SMILES string of the molecule is O=C(Cc1csc(-c2cccs2)n1)OCC(=O)N1CCCc2cc([N+](=O)[O-])ccc21. The second-order valence-corrected chi connectivity index (χ2v) is 8.48. The van der Waals surface area contributed by atoms with Gasteiger partial charge >= 0.3 is 5.97 Å². The summed E-state index contributed by atoms with van der Waals surface area (Å²) in [5, 5.41) is 15.6. The highest BCUT2D eigenvalue weighted by atomic mass is 32.1. The molecule has 0 bridgehead atoms. The highest BCUT2D eigenvalue weighted by molar-refractivity contribution is 7.20. The van der Waals surface area contributed by atoms with E-state index in [1.165, 1.54) is 28.4 Å². The number of thiophene rings is 1. The molecule has 0 unspecified atom stereocenters. The average molecular weight is 444 g/mol. The van der Waals surface area contributed by atoms with Gasteiger partial charge < -0.3 is 9.64 Å². The normalized spacial score (nSPS) is 13.0. The molecule has 8 nitrogen and oxygen atoms in total. The lowest BCUT2D eigenvalue weighted by Crippen LogP contribution is -2.38. The van der Waals surface area contributed by atoms with Crippen LogP contribution < -0.4 is 4.90 Å². The summed E-state index contributed by atoms with van der Waals surface area (Å²) in [6, 6.07) is 8.36. The van der Waals surface area contributed by atoms with Gasteiger partial charge in [0.2, 0.25) is 0 Å². The minimum absolute atomic E-state index is 0.000317. The Labute approximate surface area is 179 Å². The van der Waals surface area contributed by atoms with Gasteiger partial charge in [0.25, 0.3) is 11.6 Å². The molecule has 0 aliphatic carbocycles. The number of hydrogen-bond acceptors (Lipinski definition) is 8. The Bertz CT molecular complexity index is 1090. The van der Waals surface area contributed by atoms with Crippen LogP contribution >= 0.6 is 22.7 Å². The van der Waals surface area contributed by atoms with Crippen LogP contribution in [0.25, 0.3) is 9.88 Å². The second kappa shape index (κ2) is 8.72. The van der Waals surface area contributed by atoms with Crippen LogP contribution in [0.4, 0.5) is 11.4 Å². The van der Waals surface area contributed by atoms with Crippen molar-refractivity contribution in [3.63, 3.8) is 0 Å². The molecular formula is C20H17N3O5S2. The standard InChI is InChI=1S/C20H17N3O5S2/c24-18(22-7-1-3-13-9-15(23(26)27)5-6-16(13)22)11-28-19(25)10-14-12-30-20(21-14)17-4-2-8-29-17/h2,4-6,8-9,12H,1,3,7,10-11H2. The average Bonchev–Trinajstić information content (AvgIpc) is 3.43. The molecule has 0 saturated carbocycles. The maximum Gasteiger partial charge on any atom is 0.312 e. The number of hydrogen-bond donors (Lipinski definition) is 0. The number of carbonyl (C=O) groups excluding carboxylic acids is 2. The van der Waals surface area contributed by atoms with Crippen LogP contribution in [0.2, 0.25) is 0 Å². The fourth-order valence-electron chi connectivity index (χ4n) is 3.28. The Kier molecular flexibility index (Phi) is 5.86. The summed E-state index contributed by atoms with van der Waals surface area (Å²) in [6.45, 7) is 0.106. The van der Waals surface area contributed by atoms with Crippen molar-refractivity contribution in [2.75, 3.05) is 18.1 Å². The Morgan fingerprint density at radius 2 is 2.13 bits per heavy atom. The summed E-state index contributed by atoms with van der Waals surface area (Å²) in [4.78, 5) is 42.3. The zero-order valence-corrected chi connectivity index (χ0v) is 17.4. The molecule has 4 rings (SSSR count). The number of aryl methyl sites for hydroxylation is 1. The van der Waals surface area contributed by atoms with E-state index < -0.39 is 10.9 Å². The number of rotatable bonds is 6. The Hall–Kier alpha value is -3.11. The number of aromatic nitrogens is 1. The fraction of sp³-hybridized carbons (Fsp3) is 0.250. The molecule has 1 aliphatic heterocycles. The van der Waals surface area contributed by atoms with Crippen LogP contribution in [0.1, 0.15) is 17.7 Å². The lowest BCUT2D eigenvalue weighted by Gasteiger charge is -2.29. The maximum absolute atomic E-state index is 12.6. The first-order valence-corrected chi connectivity index (χ1v) is 11.0. The molecule has 3 heterocycles. The molecule has 10 heteroatoms. The number of nitrogens with zero attached hydrogens (tertiary/aromatic N) is 3. The van der Waals surface area contributed by atoms with Crippen molar-refractivity contribution in [3.05, 3.63) is 62.5 Å². The highest BCUT2D eigenvalue weighted by Crippen LogP contribution is 2.31. The van der Waals surface area contributed by atoms with Gasteiger partial charge in [-0.3, -0.25) is 19.7 Å². The molecule has 0 N–H and O–H groups in total. The molecule has 0 fully saturated rings. The van der Waals surface area contributed by atoms with Crippen LogP contribution in [0.3, 0.4) is 0 Å². The van der Waals surface area contributed by atoms with Gasteiger partial charge in [-0.05, 0) is 35.9 Å². The third-order valence-corrected chi connectivity index (χ3v) is 6.59. The van der Waals surface area contributed by atoms with Crippen molar-refractivity contribution < 1.29 is 19.2 Å². The smallest absolute Gasteiger partial charge is 0.312 e. The number of benzene rings is 1. The number of carbonyl (C=O) groups is 2. The van der Waals surface area contributed by atoms with Gasteiger partial charge in [-0.15, -0.1) is 22.7 Å². The maximum atomic E-state index is 12.6. The predicted molar refractivity (Wildman–Crippen MR) is 114 cm³/mol. The largest absolute Gasteiger partial charge is 0.455 e. The highest BCUT2D eigenvalue weighted by Gasteiger charge is 2.25. The van der Waals surface area contributed by atoms with Crippen molar-refractivity contribution >= 4 is 45.9 Å². The molecule has 154 valence electrons. The summed E-state index contributed by atoms with van der Waals surface area (Å²) in [5.74, 6) is -0.872. The van der Waals surface area contributed by atoms with Crippen molar-refractivity contribution in [1.82, 2.24) is 4.98 Å². The zero-order valence-electron chi connectivity index (χ0n) is 15.8. The van der Waals surface area contributed by atoms with Gasteiger partial charge in [0.05, 0.1) is 21.9 Å². The molecular weight excluding hydrogens is 426 g/mol. The van der Waals surface area contributed by atoms with Crippen LogP contribution in [0, 0.1) is 10.1 Å². The number of nitro benzene ring substituents is 1. The molecule has 30 heavy (non-hydrogen) atoms. The number of anilines is 1. The number of nitro groups is 1. The zero-order chi connectivity index (χ0) is 21.1. The van der Waals surface area contributed by atoms with Gasteiger partial charge in [-0.25, -0.2) is 4.98 Å². The van der Waals surface area contributed by atoms with Crippen LogP contribution in [-0.4, -0.2) is 34.9 Å². The van der Waals surface area contributed by atoms with E-state index in [9.17, 15) is 19.7 Å². The Morgan fingerprint density at radius 3 is 2.90 bits per heavy atom. The van der Waals surface area contributed by atoms with Gasteiger partial charge in [-0.2, -0.15) is 0 Å². The van der Waals surface area contributed by atoms with Crippen molar-refractivity contribution in [2.24, 2.45) is 0 Å². The third kappa shape index (κ3) is 4.39. The van der Waals surface area contributed by atoms with E-state index in [0.29, 0.717) is 30.8 Å². The number of ether oxygens (including phenoxy) is 1. The number of non-ortho nitro benzene ring substituents is 1. The lowest BCUT2D eigenvalue weighted by molar-refractivity contribution is -0.384. The molecule has 0 saturated heterocycles. The molecule has 0 spiro atoms. The molecule has 1 amide bonds. The summed E-state index contributed by atoms with van der Waals surface area (Å²) in [5.41, 5.74) is 1.99. The van der Waals surface area contributed by atoms with E-state index >= 15 is 0 Å². The monoisotopic (exact) mass is 443 g/mol. The first-order chi connectivity index (χ1) is 14.5. The molecule has 3 aromatic rings. The Balaban J connectivity index is 1.35. The summed E-state index contributed by atoms with van der Waals surface area (Å²) in [6.07, 6.45) is 1.35. The van der Waals surface area contributed by atoms with E-state index in [-0.39, 0.29) is 24.6 Å². The van der Waals surface area contributed by atoms with E-state index in [2.05, 4.69) is 4.98 Å². The van der Waals surface area contributed by atoms with Gasteiger partial charge in [0.1, 0.15) is 5.01 Å². The van der Waals surface area contributed by atoms with Crippen LogP contribution in [-0.2, 0) is 27.2 Å². The van der Waals surface area contributed by atoms with Crippen LogP contribution in [0.5, 0.6) is 0 Å². The number of fused-ring (bicyclic) bond motifs is 1. The molecule has 1 aliphatic rings. The topological polar surface area (TPSA) is 103 Å². The minimum atomic E-state index is -0.521. The number of esters is 1. The first kappa shape index (κ1) is 20.2. The number of amides is 1. The van der Waals surface area contributed by atoms with Crippen molar-refractivity contribution in [1.29, 1.82) is 0 Å². The quantitative estimate of drug-likeness (QED) is 0.326. The van der Waals surface area contributed by atoms with Gasteiger partial charge in [0, 0.05) is 29.7 Å². The third-order valence-electron chi connectivity index (χ3n) is 4.66. The summed E-state index contributed by atoms with van der Waals surface area (Å²) in [7, 11) is 0. The van der Waals surface area contributed by atoms with Crippen molar-refractivity contribution in [2.45, 2.75) is 19.3 Å². The molecule has 1 aromatic carbocycles. The fourth-order valence-corrected chi connectivity index (χ4v) is 4.91. The van der Waals surface area contributed by atoms with Crippen LogP contribution in [0.15, 0.2) is 41.1 Å². The van der Waals surface area contributed by atoms with Gasteiger partial charge in [0.15, 0.2) is 6.61 Å². The molecule has 0 atom stereocenters. The predicted octanol–water partition coefficient (Wildman–Crippen LogP) is 3.84. The molecule has 2 aromatic heterocycles. The Morgan fingerprint density at radius 1 is 1.27 bits per heavy atom. The summed E-state index contributed by atoms with van der Waals surface area (Å²) < 4.78 is 5.17. The summed E-state index contributed by atoms with van der Waals surface area (Å²) >= 11 is 3.04. The second-order valence-electron chi connectivity index (χ2n) is 6.68. The van der Waals surface area contributed by atoms with E-state index in [1.54, 1.807) is 17.4 Å². The van der Waals surface area contributed by atoms with E-state index in [4.69, 9.17) is 4.74 Å². The van der Waals surface area contributed by atoms with E-state index in [0.717, 1.165) is 15.4 Å². The van der Waals surface area contributed by atoms with Gasteiger partial charge in [-0.1, -0.05) is 6.07 Å². The van der Waals surface area contributed by atoms with E-state index in [1.807, 2.05) is 22.9 Å².